The fourth-order valence-corrected chi connectivity index (χ4v) is 4.82. The van der Waals surface area contributed by atoms with Crippen LogP contribution in [0, 0.1) is 6.92 Å². The molecule has 0 bridgehead atoms. The molecule has 0 atom stereocenters. The lowest BCUT2D eigenvalue weighted by Crippen LogP contribution is -2.52. The molecule has 182 valence electrons. The fraction of sp³-hybridized carbons (Fsp3) is 0.435. The van der Waals surface area contributed by atoms with Crippen molar-refractivity contribution in [1.82, 2.24) is 9.88 Å². The van der Waals surface area contributed by atoms with E-state index in [2.05, 4.69) is 4.98 Å². The molecule has 1 fully saturated rings. The summed E-state index contributed by atoms with van der Waals surface area (Å²) in [5.74, 6) is 0.870. The van der Waals surface area contributed by atoms with E-state index in [0.29, 0.717) is 53.0 Å². The van der Waals surface area contributed by atoms with Crippen molar-refractivity contribution in [3.05, 3.63) is 52.2 Å². The number of halogens is 4. The number of likely N-dealkylation sites (tertiary alicyclic amines) is 1. The number of hydrogen-bond donors (Lipinski definition) is 0. The zero-order valence-corrected chi connectivity index (χ0v) is 19.9. The Hall–Kier alpha value is -2.46. The largest absolute Gasteiger partial charge is 0.486 e. The first-order valence-electron chi connectivity index (χ1n) is 10.7. The van der Waals surface area contributed by atoms with Gasteiger partial charge >= 0.3 is 12.3 Å². The number of ether oxygens (including phenoxy) is 2. The highest BCUT2D eigenvalue weighted by atomic mass is 35.5. The third kappa shape index (κ3) is 5.43. The van der Waals surface area contributed by atoms with Gasteiger partial charge < -0.3 is 14.4 Å². The van der Waals surface area contributed by atoms with Gasteiger partial charge in [0.1, 0.15) is 18.0 Å². The van der Waals surface area contributed by atoms with Gasteiger partial charge in [0.25, 0.3) is 0 Å². The van der Waals surface area contributed by atoms with Crippen molar-refractivity contribution in [2.24, 2.45) is 0 Å². The maximum atomic E-state index is 12.7. The lowest BCUT2D eigenvalue weighted by molar-refractivity contribution is -0.137. The Morgan fingerprint density at radius 1 is 1.29 bits per heavy atom. The first kappa shape index (κ1) is 24.7. The number of amides is 1. The zero-order valence-electron chi connectivity index (χ0n) is 18.3. The SMILES string of the molecule is Cc1cc2c(cc1Cl)C(=O)CC1(CCN(C(=O)OCCSc3ccc(C(F)(F)F)cn3)CC1)O2. The van der Waals surface area contributed by atoms with E-state index in [1.165, 1.54) is 17.8 Å². The third-order valence-electron chi connectivity index (χ3n) is 5.93. The number of hydrogen-bond acceptors (Lipinski definition) is 6. The quantitative estimate of drug-likeness (QED) is 0.380. The maximum absolute atomic E-state index is 12.7. The molecular formula is C23H22ClF3N2O4S. The number of carbonyl (C=O) groups excluding carboxylic acids is 2. The van der Waals surface area contributed by atoms with Gasteiger partial charge in [-0.3, -0.25) is 4.79 Å². The van der Waals surface area contributed by atoms with Crippen molar-refractivity contribution in [2.75, 3.05) is 25.4 Å². The van der Waals surface area contributed by atoms with Crippen molar-refractivity contribution >= 4 is 35.2 Å². The number of alkyl halides is 3. The number of rotatable bonds is 4. The van der Waals surface area contributed by atoms with Crippen LogP contribution in [0.4, 0.5) is 18.0 Å². The van der Waals surface area contributed by atoms with Crippen molar-refractivity contribution in [3.8, 4) is 5.75 Å². The fourth-order valence-electron chi connectivity index (χ4n) is 3.99. The van der Waals surface area contributed by atoms with E-state index in [-0.39, 0.29) is 18.8 Å². The van der Waals surface area contributed by atoms with Crippen LogP contribution < -0.4 is 4.74 Å². The molecule has 1 saturated heterocycles. The van der Waals surface area contributed by atoms with E-state index in [9.17, 15) is 22.8 Å². The number of thioether (sulfide) groups is 1. The van der Waals surface area contributed by atoms with E-state index in [4.69, 9.17) is 21.1 Å². The number of benzene rings is 1. The topological polar surface area (TPSA) is 68.7 Å². The van der Waals surface area contributed by atoms with Gasteiger partial charge in [-0.1, -0.05) is 11.6 Å². The number of pyridine rings is 1. The Balaban J connectivity index is 1.24. The highest BCUT2D eigenvalue weighted by Crippen LogP contribution is 2.41. The van der Waals surface area contributed by atoms with Gasteiger partial charge in [-0.05, 0) is 36.8 Å². The van der Waals surface area contributed by atoms with Crippen LogP contribution in [0.1, 0.15) is 40.7 Å². The summed E-state index contributed by atoms with van der Waals surface area (Å²) in [4.78, 5) is 30.4. The number of piperidine rings is 1. The molecule has 0 saturated carbocycles. The second-order valence-corrected chi connectivity index (χ2v) is 9.84. The third-order valence-corrected chi connectivity index (χ3v) is 7.24. The summed E-state index contributed by atoms with van der Waals surface area (Å²) in [7, 11) is 0. The minimum Gasteiger partial charge on any atom is -0.486 e. The van der Waals surface area contributed by atoms with Gasteiger partial charge in [0.15, 0.2) is 5.78 Å². The summed E-state index contributed by atoms with van der Waals surface area (Å²) in [6.07, 6.45) is -2.88. The van der Waals surface area contributed by atoms with Crippen molar-refractivity contribution in [1.29, 1.82) is 0 Å². The summed E-state index contributed by atoms with van der Waals surface area (Å²) in [6, 6.07) is 5.68. The summed E-state index contributed by atoms with van der Waals surface area (Å²) in [5, 5.41) is 0.941. The van der Waals surface area contributed by atoms with Crippen molar-refractivity contribution < 1.29 is 32.2 Å². The molecular weight excluding hydrogens is 493 g/mol. The number of fused-ring (bicyclic) bond motifs is 1. The first-order valence-corrected chi connectivity index (χ1v) is 12.0. The molecule has 2 aliphatic heterocycles. The van der Waals surface area contributed by atoms with Gasteiger partial charge in [0, 0.05) is 42.9 Å². The molecule has 34 heavy (non-hydrogen) atoms. The van der Waals surface area contributed by atoms with Crippen molar-refractivity contribution in [3.63, 3.8) is 0 Å². The molecule has 1 spiro atoms. The normalized spacial score (nSPS) is 17.3. The Kier molecular flexibility index (Phi) is 7.00. The van der Waals surface area contributed by atoms with E-state index in [1.54, 1.807) is 17.0 Å². The Labute approximate surface area is 203 Å². The number of ketones is 1. The molecule has 1 aromatic carbocycles. The highest BCUT2D eigenvalue weighted by Gasteiger charge is 2.44. The zero-order chi connectivity index (χ0) is 24.5. The van der Waals surface area contributed by atoms with Crippen LogP contribution in [0.2, 0.25) is 5.02 Å². The van der Waals surface area contributed by atoms with Gasteiger partial charge in [-0.2, -0.15) is 13.2 Å². The molecule has 0 N–H and O–H groups in total. The average molecular weight is 515 g/mol. The summed E-state index contributed by atoms with van der Waals surface area (Å²) in [5.41, 5.74) is -0.137. The van der Waals surface area contributed by atoms with Crippen LogP contribution in [0.3, 0.4) is 0 Å². The molecule has 0 unspecified atom stereocenters. The van der Waals surface area contributed by atoms with Crippen LogP contribution in [-0.4, -0.2) is 52.8 Å². The standard InChI is InChI=1S/C23H22ClF3N2O4S/c1-14-10-19-16(11-17(14)24)18(30)12-22(33-19)4-6-29(7-5-22)21(31)32-8-9-34-20-3-2-15(13-28-20)23(25,26)27/h2-3,10-11,13H,4-9,12H2,1H3. The number of nitrogens with zero attached hydrogens (tertiary/aromatic N) is 2. The number of aryl methyl sites for hydroxylation is 1. The minimum absolute atomic E-state index is 0.0203. The smallest absolute Gasteiger partial charge is 0.417 e. The molecule has 1 aromatic heterocycles. The Morgan fingerprint density at radius 2 is 2.03 bits per heavy atom. The maximum Gasteiger partial charge on any atom is 0.417 e. The van der Waals surface area contributed by atoms with Crippen LogP contribution in [0.15, 0.2) is 35.5 Å². The van der Waals surface area contributed by atoms with Crippen LogP contribution in [0.5, 0.6) is 5.75 Å². The second kappa shape index (κ2) is 9.65. The number of aromatic nitrogens is 1. The van der Waals surface area contributed by atoms with Gasteiger partial charge in [-0.15, -0.1) is 11.8 Å². The van der Waals surface area contributed by atoms with Gasteiger partial charge in [0.05, 0.1) is 22.6 Å². The molecule has 6 nitrogen and oxygen atoms in total. The van der Waals surface area contributed by atoms with Crippen LogP contribution >= 0.6 is 23.4 Å². The Morgan fingerprint density at radius 3 is 2.68 bits per heavy atom. The molecule has 3 heterocycles. The van der Waals surface area contributed by atoms with Crippen LogP contribution in [-0.2, 0) is 10.9 Å². The summed E-state index contributed by atoms with van der Waals surface area (Å²) < 4.78 is 49.3. The second-order valence-electron chi connectivity index (χ2n) is 8.32. The molecule has 2 aromatic rings. The summed E-state index contributed by atoms with van der Waals surface area (Å²) in [6.45, 7) is 2.72. The van der Waals surface area contributed by atoms with Crippen LogP contribution in [0.25, 0.3) is 0 Å². The monoisotopic (exact) mass is 514 g/mol. The van der Waals surface area contributed by atoms with E-state index in [1.807, 2.05) is 6.92 Å². The predicted molar refractivity (Wildman–Crippen MR) is 121 cm³/mol. The van der Waals surface area contributed by atoms with Gasteiger partial charge in [-0.25, -0.2) is 9.78 Å². The molecule has 0 aliphatic carbocycles. The minimum atomic E-state index is -4.43. The predicted octanol–water partition coefficient (Wildman–Crippen LogP) is 5.79. The lowest BCUT2D eigenvalue weighted by atomic mass is 9.82. The molecule has 2 aliphatic rings. The van der Waals surface area contributed by atoms with E-state index < -0.39 is 23.4 Å². The first-order chi connectivity index (χ1) is 16.1. The van der Waals surface area contributed by atoms with Crippen molar-refractivity contribution in [2.45, 2.75) is 43.0 Å². The number of Topliss-reactive ketones (excluding diaryl/α,β-unsaturated/α-hetero) is 1. The Bertz CT molecular complexity index is 1090. The molecule has 0 radical (unpaired) electrons. The molecule has 4 rings (SSSR count). The van der Waals surface area contributed by atoms with E-state index in [0.717, 1.165) is 17.8 Å². The van der Waals surface area contributed by atoms with E-state index >= 15 is 0 Å². The molecule has 1 amide bonds. The van der Waals surface area contributed by atoms with Gasteiger partial charge in [0.2, 0.25) is 0 Å². The number of carbonyl (C=O) groups is 2. The summed E-state index contributed by atoms with van der Waals surface area (Å²) >= 11 is 7.34. The average Bonchev–Trinajstić information content (AvgIpc) is 2.78. The lowest BCUT2D eigenvalue weighted by Gasteiger charge is -2.43. The molecule has 11 heteroatoms. The highest BCUT2D eigenvalue weighted by molar-refractivity contribution is 7.99.